The Hall–Kier alpha value is -1.17. The third-order valence-electron chi connectivity index (χ3n) is 6.77. The van der Waals surface area contributed by atoms with Crippen LogP contribution in [-0.4, -0.2) is 46.7 Å². The molecule has 3 N–H and O–H groups in total. The van der Waals surface area contributed by atoms with E-state index < -0.39 is 18.3 Å². The first kappa shape index (κ1) is 24.1. The number of hydrogen-bond acceptors (Lipinski definition) is 5. The molecule has 0 amide bonds. The molecule has 0 aromatic rings. The molecule has 0 heterocycles. The van der Waals surface area contributed by atoms with Gasteiger partial charge in [-0.25, -0.2) is 0 Å². The summed E-state index contributed by atoms with van der Waals surface area (Å²) >= 11 is 0. The van der Waals surface area contributed by atoms with Crippen LogP contribution in [0.1, 0.15) is 71.1 Å². The highest BCUT2D eigenvalue weighted by Gasteiger charge is 2.39. The number of esters is 1. The van der Waals surface area contributed by atoms with Crippen LogP contribution < -0.4 is 0 Å². The molecule has 6 atom stereocenters. The highest BCUT2D eigenvalue weighted by Crippen LogP contribution is 2.38. The van der Waals surface area contributed by atoms with E-state index in [2.05, 4.69) is 19.1 Å². The van der Waals surface area contributed by atoms with Crippen LogP contribution in [-0.2, 0) is 9.53 Å². The maximum atomic E-state index is 12.0. The molecule has 2 fully saturated rings. The predicted molar refractivity (Wildman–Crippen MR) is 114 cm³/mol. The van der Waals surface area contributed by atoms with E-state index in [1.807, 2.05) is 6.08 Å². The van der Waals surface area contributed by atoms with Crippen molar-refractivity contribution in [2.45, 2.75) is 89.4 Å². The van der Waals surface area contributed by atoms with Gasteiger partial charge in [-0.15, -0.1) is 0 Å². The first-order valence-electron chi connectivity index (χ1n) is 11.4. The zero-order chi connectivity index (χ0) is 21.2. The van der Waals surface area contributed by atoms with Crippen LogP contribution in [0.25, 0.3) is 0 Å². The van der Waals surface area contributed by atoms with E-state index in [1.165, 1.54) is 13.5 Å². The number of allylic oxidation sites excluding steroid dienone is 2. The molecule has 2 rings (SSSR count). The highest BCUT2D eigenvalue weighted by atomic mass is 16.5. The number of carbonyl (C=O) groups excluding carboxylic acids is 1. The lowest BCUT2D eigenvalue weighted by molar-refractivity contribution is -0.149. The van der Waals surface area contributed by atoms with Gasteiger partial charge in [0.1, 0.15) is 0 Å². The molecule has 29 heavy (non-hydrogen) atoms. The monoisotopic (exact) mass is 408 g/mol. The van der Waals surface area contributed by atoms with E-state index in [0.717, 1.165) is 44.9 Å². The first-order valence-corrected chi connectivity index (χ1v) is 11.4. The van der Waals surface area contributed by atoms with Crippen LogP contribution >= 0.6 is 0 Å². The molecule has 2 aliphatic rings. The number of rotatable bonds is 12. The van der Waals surface area contributed by atoms with Crippen LogP contribution in [0.3, 0.4) is 0 Å². The Labute approximate surface area is 175 Å². The topological polar surface area (TPSA) is 87.0 Å². The van der Waals surface area contributed by atoms with Gasteiger partial charge in [0.05, 0.1) is 31.3 Å². The molecule has 2 saturated carbocycles. The molecule has 0 saturated heterocycles. The van der Waals surface area contributed by atoms with Crippen LogP contribution in [0.2, 0.25) is 0 Å². The van der Waals surface area contributed by atoms with Crippen LogP contribution in [0.4, 0.5) is 0 Å². The molecule has 0 bridgehead atoms. The molecule has 5 nitrogen and oxygen atoms in total. The Morgan fingerprint density at radius 2 is 1.93 bits per heavy atom. The molecule has 166 valence electrons. The minimum atomic E-state index is -0.569. The lowest BCUT2D eigenvalue weighted by Crippen LogP contribution is -2.29. The minimum Gasteiger partial charge on any atom is -0.469 e. The van der Waals surface area contributed by atoms with Gasteiger partial charge in [0.25, 0.3) is 0 Å². The maximum Gasteiger partial charge on any atom is 0.308 e. The van der Waals surface area contributed by atoms with Gasteiger partial charge in [-0.1, -0.05) is 50.5 Å². The molecule has 1 unspecified atom stereocenters. The third-order valence-corrected chi connectivity index (χ3v) is 6.77. The minimum absolute atomic E-state index is 0.00224. The molecular weight excluding hydrogens is 368 g/mol. The second kappa shape index (κ2) is 12.5. The van der Waals surface area contributed by atoms with Crippen molar-refractivity contribution >= 4 is 5.97 Å². The number of aliphatic hydroxyl groups excluding tert-OH is 3. The quantitative estimate of drug-likeness (QED) is 0.338. The molecule has 0 aromatic heterocycles. The Morgan fingerprint density at radius 1 is 1.17 bits per heavy atom. The number of ether oxygens (including phenoxy) is 1. The van der Waals surface area contributed by atoms with Crippen molar-refractivity contribution in [1.82, 2.24) is 0 Å². The highest BCUT2D eigenvalue weighted by molar-refractivity contribution is 5.72. The largest absolute Gasteiger partial charge is 0.469 e. The third kappa shape index (κ3) is 7.23. The average molecular weight is 409 g/mol. The standard InChI is InChI=1S/C24H40O5/c1-3-4-11-18(25)14-15-21-20(22(26)16-23(21)27)13-7-5-6-12-19(24(28)29-2)17-9-8-10-17/h5,7,14-15,17-23,25-27H,3-4,6,8-13,16H2,1-2H3/b7-5-,15-14+/t18-,19?,20-,21-,22+,23-/m1/s1. The Bertz CT molecular complexity index is 539. The normalized spacial score (nSPS) is 30.0. The summed E-state index contributed by atoms with van der Waals surface area (Å²) in [7, 11) is 1.46. The smallest absolute Gasteiger partial charge is 0.308 e. The summed E-state index contributed by atoms with van der Waals surface area (Å²) in [6.45, 7) is 2.09. The van der Waals surface area contributed by atoms with Crippen molar-refractivity contribution in [3.8, 4) is 0 Å². The van der Waals surface area contributed by atoms with Crippen molar-refractivity contribution in [3.63, 3.8) is 0 Å². The molecule has 0 aliphatic heterocycles. The van der Waals surface area contributed by atoms with Crippen molar-refractivity contribution in [1.29, 1.82) is 0 Å². The van der Waals surface area contributed by atoms with Crippen LogP contribution in [0.5, 0.6) is 0 Å². The van der Waals surface area contributed by atoms with E-state index in [9.17, 15) is 20.1 Å². The summed E-state index contributed by atoms with van der Waals surface area (Å²) < 4.78 is 4.97. The summed E-state index contributed by atoms with van der Waals surface area (Å²) in [5.74, 6) is 0.195. The summed E-state index contributed by atoms with van der Waals surface area (Å²) in [6, 6.07) is 0. The van der Waals surface area contributed by atoms with Gasteiger partial charge in [-0.05, 0) is 50.4 Å². The van der Waals surface area contributed by atoms with Crippen molar-refractivity contribution in [2.24, 2.45) is 23.7 Å². The van der Waals surface area contributed by atoms with Crippen molar-refractivity contribution in [3.05, 3.63) is 24.3 Å². The first-order chi connectivity index (χ1) is 14.0. The lowest BCUT2D eigenvalue weighted by Gasteiger charge is -2.31. The van der Waals surface area contributed by atoms with Crippen LogP contribution in [0.15, 0.2) is 24.3 Å². The number of hydrogen-bond donors (Lipinski definition) is 3. The van der Waals surface area contributed by atoms with Gasteiger partial charge < -0.3 is 20.1 Å². The summed E-state index contributed by atoms with van der Waals surface area (Å²) in [5.41, 5.74) is 0. The zero-order valence-corrected chi connectivity index (χ0v) is 18.1. The fourth-order valence-electron chi connectivity index (χ4n) is 4.66. The average Bonchev–Trinajstić information content (AvgIpc) is 2.93. The number of aliphatic hydroxyl groups is 3. The SMILES string of the molecule is CCCC[C@@H](O)/C=C/[C@@H]1[C@@H](C/C=C\CCC(C(=O)OC)C2CCC2)[C@@H](O)C[C@H]1O. The second-order valence-corrected chi connectivity index (χ2v) is 8.81. The Balaban J connectivity index is 1.82. The van der Waals surface area contributed by atoms with Gasteiger partial charge in [0.15, 0.2) is 0 Å². The second-order valence-electron chi connectivity index (χ2n) is 8.81. The molecular formula is C24H40O5. The van der Waals surface area contributed by atoms with E-state index in [-0.39, 0.29) is 23.7 Å². The van der Waals surface area contributed by atoms with E-state index in [1.54, 1.807) is 6.08 Å². The number of carbonyl (C=O) groups is 1. The Morgan fingerprint density at radius 3 is 2.55 bits per heavy atom. The van der Waals surface area contributed by atoms with E-state index >= 15 is 0 Å². The lowest BCUT2D eigenvalue weighted by atomic mass is 9.74. The Kier molecular flexibility index (Phi) is 10.4. The zero-order valence-electron chi connectivity index (χ0n) is 18.1. The van der Waals surface area contributed by atoms with E-state index in [0.29, 0.717) is 18.8 Å². The van der Waals surface area contributed by atoms with Gasteiger partial charge in [0, 0.05) is 12.3 Å². The predicted octanol–water partition coefficient (Wildman–Crippen LogP) is 3.77. The fourth-order valence-corrected chi connectivity index (χ4v) is 4.66. The maximum absolute atomic E-state index is 12.0. The molecule has 2 aliphatic carbocycles. The van der Waals surface area contributed by atoms with Gasteiger partial charge in [0.2, 0.25) is 0 Å². The van der Waals surface area contributed by atoms with Gasteiger partial charge in [-0.3, -0.25) is 4.79 Å². The molecule has 0 aromatic carbocycles. The van der Waals surface area contributed by atoms with Crippen molar-refractivity contribution in [2.75, 3.05) is 7.11 Å². The number of unbranched alkanes of at least 4 members (excludes halogenated alkanes) is 1. The van der Waals surface area contributed by atoms with Gasteiger partial charge in [-0.2, -0.15) is 0 Å². The summed E-state index contributed by atoms with van der Waals surface area (Å²) in [5, 5.41) is 30.7. The van der Waals surface area contributed by atoms with Crippen molar-refractivity contribution < 1.29 is 24.9 Å². The molecule has 5 heteroatoms. The molecule has 0 spiro atoms. The van der Waals surface area contributed by atoms with Crippen LogP contribution in [0, 0.1) is 23.7 Å². The van der Waals surface area contributed by atoms with E-state index in [4.69, 9.17) is 4.74 Å². The summed E-state index contributed by atoms with van der Waals surface area (Å²) in [4.78, 5) is 12.0. The number of methoxy groups -OCH3 is 1. The molecule has 0 radical (unpaired) electrons. The fraction of sp³-hybridized carbons (Fsp3) is 0.792. The van der Waals surface area contributed by atoms with Gasteiger partial charge >= 0.3 is 5.97 Å². The summed E-state index contributed by atoms with van der Waals surface area (Å²) in [6.07, 6.45) is 15.1.